The minimum absolute atomic E-state index is 0.0741. The third kappa shape index (κ3) is 6.25. The van der Waals surface area contributed by atoms with E-state index in [1.54, 1.807) is 12.1 Å². The molecule has 0 aliphatic carbocycles. The first-order valence-electron chi connectivity index (χ1n) is 7.27. The van der Waals surface area contributed by atoms with Gasteiger partial charge >= 0.3 is 0 Å². The molecule has 2 amide bonds. The van der Waals surface area contributed by atoms with E-state index in [2.05, 4.69) is 10.6 Å². The first-order chi connectivity index (χ1) is 11.0. The molecule has 126 valence electrons. The fourth-order valence-corrected chi connectivity index (χ4v) is 2.52. The molecular formula is C15H18Cl2N2O4. The Balaban J connectivity index is 1.63. The van der Waals surface area contributed by atoms with Gasteiger partial charge in [0.15, 0.2) is 6.61 Å². The normalized spacial score (nSPS) is 16.9. The predicted molar refractivity (Wildman–Crippen MR) is 87.0 cm³/mol. The summed E-state index contributed by atoms with van der Waals surface area (Å²) in [7, 11) is 0. The molecule has 0 spiro atoms. The summed E-state index contributed by atoms with van der Waals surface area (Å²) in [6, 6.07) is 4.71. The summed E-state index contributed by atoms with van der Waals surface area (Å²) in [6.07, 6.45) is 2.04. The van der Waals surface area contributed by atoms with Crippen LogP contribution in [0.15, 0.2) is 18.2 Å². The molecule has 1 aromatic carbocycles. The van der Waals surface area contributed by atoms with Crippen molar-refractivity contribution in [3.8, 4) is 5.75 Å². The summed E-state index contributed by atoms with van der Waals surface area (Å²) in [5, 5.41) is 5.99. The summed E-state index contributed by atoms with van der Waals surface area (Å²) in [5.41, 5.74) is 0. The third-order valence-corrected chi connectivity index (χ3v) is 3.78. The molecule has 1 aliphatic heterocycles. The lowest BCUT2D eigenvalue weighted by Crippen LogP contribution is -2.41. The maximum absolute atomic E-state index is 11.6. The average Bonchev–Trinajstić information content (AvgIpc) is 3.03. The molecule has 1 aliphatic rings. The molecule has 2 rings (SSSR count). The van der Waals surface area contributed by atoms with E-state index in [-0.39, 0.29) is 25.2 Å². The van der Waals surface area contributed by atoms with Crippen LogP contribution in [-0.4, -0.2) is 44.2 Å². The van der Waals surface area contributed by atoms with E-state index in [9.17, 15) is 9.59 Å². The van der Waals surface area contributed by atoms with Crippen LogP contribution >= 0.6 is 23.2 Å². The number of carbonyl (C=O) groups excluding carboxylic acids is 2. The molecule has 0 bridgehead atoms. The quantitative estimate of drug-likeness (QED) is 0.776. The molecule has 1 unspecified atom stereocenters. The number of carbonyl (C=O) groups is 2. The first-order valence-corrected chi connectivity index (χ1v) is 8.03. The number of halogens is 2. The number of hydrogen-bond donors (Lipinski definition) is 2. The highest BCUT2D eigenvalue weighted by atomic mass is 35.5. The zero-order chi connectivity index (χ0) is 16.7. The number of hydrogen-bond acceptors (Lipinski definition) is 4. The monoisotopic (exact) mass is 360 g/mol. The van der Waals surface area contributed by atoms with Crippen molar-refractivity contribution in [2.75, 3.05) is 26.3 Å². The third-order valence-electron chi connectivity index (χ3n) is 3.25. The van der Waals surface area contributed by atoms with Crippen LogP contribution < -0.4 is 15.4 Å². The lowest BCUT2D eigenvalue weighted by atomic mass is 10.2. The van der Waals surface area contributed by atoms with Crippen molar-refractivity contribution >= 4 is 35.0 Å². The van der Waals surface area contributed by atoms with E-state index in [4.69, 9.17) is 32.7 Å². The highest BCUT2D eigenvalue weighted by Crippen LogP contribution is 2.27. The molecular weight excluding hydrogens is 343 g/mol. The molecule has 1 heterocycles. The zero-order valence-electron chi connectivity index (χ0n) is 12.4. The van der Waals surface area contributed by atoms with E-state index in [1.165, 1.54) is 6.07 Å². The minimum atomic E-state index is -0.414. The first kappa shape index (κ1) is 17.8. The van der Waals surface area contributed by atoms with E-state index in [0.717, 1.165) is 19.4 Å². The van der Waals surface area contributed by atoms with Crippen LogP contribution in [0.1, 0.15) is 12.8 Å². The minimum Gasteiger partial charge on any atom is -0.482 e. The van der Waals surface area contributed by atoms with Crippen molar-refractivity contribution in [2.24, 2.45) is 0 Å². The van der Waals surface area contributed by atoms with E-state index in [0.29, 0.717) is 22.3 Å². The van der Waals surface area contributed by atoms with Crippen LogP contribution in [0.2, 0.25) is 10.0 Å². The number of benzene rings is 1. The second kappa shape index (κ2) is 8.96. The summed E-state index contributed by atoms with van der Waals surface area (Å²) in [5.74, 6) is -0.323. The van der Waals surface area contributed by atoms with Crippen molar-refractivity contribution < 1.29 is 19.1 Å². The van der Waals surface area contributed by atoms with Gasteiger partial charge in [0.05, 0.1) is 17.7 Å². The Hall–Kier alpha value is -1.50. The van der Waals surface area contributed by atoms with Crippen LogP contribution in [0.3, 0.4) is 0 Å². The SMILES string of the molecule is O=C(CNC(=O)COc1ccc(Cl)cc1Cl)NCC1CCCO1. The molecule has 8 heteroatoms. The van der Waals surface area contributed by atoms with Gasteiger partial charge in [-0.2, -0.15) is 0 Å². The summed E-state index contributed by atoms with van der Waals surface area (Å²) in [4.78, 5) is 23.3. The molecule has 0 aromatic heterocycles. The van der Waals surface area contributed by atoms with E-state index >= 15 is 0 Å². The Labute approximate surface area is 144 Å². The highest BCUT2D eigenvalue weighted by molar-refractivity contribution is 6.35. The van der Waals surface area contributed by atoms with Crippen molar-refractivity contribution in [3.05, 3.63) is 28.2 Å². The lowest BCUT2D eigenvalue weighted by molar-refractivity contribution is -0.127. The van der Waals surface area contributed by atoms with E-state index < -0.39 is 5.91 Å². The topological polar surface area (TPSA) is 76.7 Å². The van der Waals surface area contributed by atoms with E-state index in [1.807, 2.05) is 0 Å². The van der Waals surface area contributed by atoms with Gasteiger partial charge in [0, 0.05) is 18.2 Å². The van der Waals surface area contributed by atoms with Gasteiger partial charge in [0.1, 0.15) is 5.75 Å². The van der Waals surface area contributed by atoms with Gasteiger partial charge in [-0.3, -0.25) is 9.59 Å². The van der Waals surface area contributed by atoms with Crippen LogP contribution in [-0.2, 0) is 14.3 Å². The number of rotatable bonds is 7. The lowest BCUT2D eigenvalue weighted by Gasteiger charge is -2.11. The second-order valence-corrected chi connectivity index (χ2v) is 5.92. The Bertz CT molecular complexity index is 562. The zero-order valence-corrected chi connectivity index (χ0v) is 14.0. The Kier molecular flexibility index (Phi) is 6.95. The maximum Gasteiger partial charge on any atom is 0.258 e. The van der Waals surface area contributed by atoms with Gasteiger partial charge in [-0.25, -0.2) is 0 Å². The van der Waals surface area contributed by atoms with Crippen molar-refractivity contribution in [1.82, 2.24) is 10.6 Å². The largest absolute Gasteiger partial charge is 0.482 e. The van der Waals surface area contributed by atoms with Crippen LogP contribution in [0.25, 0.3) is 0 Å². The van der Waals surface area contributed by atoms with Gasteiger partial charge in [-0.15, -0.1) is 0 Å². The Morgan fingerprint density at radius 2 is 2.09 bits per heavy atom. The number of ether oxygens (including phenoxy) is 2. The molecule has 0 radical (unpaired) electrons. The fourth-order valence-electron chi connectivity index (χ4n) is 2.06. The molecule has 1 atom stereocenters. The highest BCUT2D eigenvalue weighted by Gasteiger charge is 2.16. The molecule has 1 fully saturated rings. The molecule has 0 saturated carbocycles. The molecule has 2 N–H and O–H groups in total. The van der Waals surface area contributed by atoms with Crippen molar-refractivity contribution in [1.29, 1.82) is 0 Å². The number of nitrogens with one attached hydrogen (secondary N) is 2. The van der Waals surface area contributed by atoms with Gasteiger partial charge in [0.2, 0.25) is 5.91 Å². The average molecular weight is 361 g/mol. The fraction of sp³-hybridized carbons (Fsp3) is 0.467. The Morgan fingerprint density at radius 3 is 2.78 bits per heavy atom. The smallest absolute Gasteiger partial charge is 0.258 e. The predicted octanol–water partition coefficient (Wildman–Crippen LogP) is 1.78. The van der Waals surface area contributed by atoms with Gasteiger partial charge in [0.25, 0.3) is 5.91 Å². The molecule has 6 nitrogen and oxygen atoms in total. The van der Waals surface area contributed by atoms with Crippen molar-refractivity contribution in [3.63, 3.8) is 0 Å². The molecule has 1 saturated heterocycles. The standard InChI is InChI=1S/C15H18Cl2N2O4/c16-10-3-4-13(12(17)6-10)23-9-15(21)19-8-14(20)18-7-11-2-1-5-22-11/h3-4,6,11H,1-2,5,7-9H2,(H,18,20)(H,19,21). The van der Waals surface area contributed by atoms with Crippen LogP contribution in [0.5, 0.6) is 5.75 Å². The van der Waals surface area contributed by atoms with Crippen LogP contribution in [0.4, 0.5) is 0 Å². The summed E-state index contributed by atoms with van der Waals surface area (Å²) >= 11 is 11.7. The van der Waals surface area contributed by atoms with Gasteiger partial charge in [-0.05, 0) is 31.0 Å². The molecule has 1 aromatic rings. The Morgan fingerprint density at radius 1 is 1.26 bits per heavy atom. The van der Waals surface area contributed by atoms with Crippen molar-refractivity contribution in [2.45, 2.75) is 18.9 Å². The summed E-state index contributed by atoms with van der Waals surface area (Å²) < 4.78 is 10.7. The summed E-state index contributed by atoms with van der Waals surface area (Å²) in [6.45, 7) is 0.858. The van der Waals surface area contributed by atoms with Gasteiger partial charge in [-0.1, -0.05) is 23.2 Å². The van der Waals surface area contributed by atoms with Gasteiger partial charge < -0.3 is 20.1 Å². The second-order valence-electron chi connectivity index (χ2n) is 5.08. The maximum atomic E-state index is 11.6. The molecule has 23 heavy (non-hydrogen) atoms. The van der Waals surface area contributed by atoms with Crippen LogP contribution in [0, 0.1) is 0 Å². The number of amides is 2.